The lowest BCUT2D eigenvalue weighted by atomic mass is 9.77. The third-order valence-corrected chi connectivity index (χ3v) is 10.0. The topological polar surface area (TPSA) is 119 Å². The summed E-state index contributed by atoms with van der Waals surface area (Å²) < 4.78 is 11.4. The molecule has 0 aromatic heterocycles. The fourth-order valence-electron chi connectivity index (χ4n) is 6.75. The van der Waals surface area contributed by atoms with Crippen molar-refractivity contribution in [1.29, 1.82) is 0 Å². The highest BCUT2D eigenvalue weighted by Gasteiger charge is 2.49. The van der Waals surface area contributed by atoms with Crippen LogP contribution in [0.3, 0.4) is 0 Å². The van der Waals surface area contributed by atoms with Gasteiger partial charge in [-0.2, -0.15) is 0 Å². The van der Waals surface area contributed by atoms with Gasteiger partial charge in [-0.1, -0.05) is 170 Å². The number of aliphatic hydroxyl groups is 1. The molecule has 1 heterocycles. The molecule has 3 rings (SSSR count). The van der Waals surface area contributed by atoms with Crippen LogP contribution in [0.5, 0.6) is 0 Å². The van der Waals surface area contributed by atoms with E-state index >= 15 is 0 Å². The number of unbranched alkanes of at least 4 members (excludes halogenated alkanes) is 15. The predicted molar refractivity (Wildman–Crippen MR) is 201 cm³/mol. The normalized spacial score (nSPS) is 14.7. The third-order valence-electron chi connectivity index (χ3n) is 10.0. The molecule has 0 spiro atoms. The van der Waals surface area contributed by atoms with Crippen LogP contribution in [-0.2, 0) is 46.7 Å². The number of imide groups is 1. The summed E-state index contributed by atoms with van der Waals surface area (Å²) in [7, 11) is 0. The Morgan fingerprint density at radius 1 is 0.654 bits per heavy atom. The van der Waals surface area contributed by atoms with Gasteiger partial charge in [0, 0.05) is 19.3 Å². The van der Waals surface area contributed by atoms with Crippen LogP contribution in [0, 0.1) is 5.41 Å². The minimum atomic E-state index is -1.47. The number of nitrogens with zero attached hydrogens (tertiary/aromatic N) is 1. The molecule has 2 atom stereocenters. The van der Waals surface area contributed by atoms with E-state index in [-0.39, 0.29) is 25.4 Å². The zero-order chi connectivity index (χ0) is 37.3. The smallest absolute Gasteiger partial charge is 0.344 e. The second-order valence-electron chi connectivity index (χ2n) is 14.3. The van der Waals surface area contributed by atoms with Gasteiger partial charge in [-0.3, -0.25) is 14.4 Å². The van der Waals surface area contributed by atoms with Crippen LogP contribution in [0.1, 0.15) is 159 Å². The van der Waals surface area contributed by atoms with Crippen molar-refractivity contribution in [1.82, 2.24) is 5.06 Å². The van der Waals surface area contributed by atoms with Crippen molar-refractivity contribution >= 4 is 23.8 Å². The lowest BCUT2D eigenvalue weighted by Crippen LogP contribution is -2.48. The summed E-state index contributed by atoms with van der Waals surface area (Å²) in [5.41, 5.74) is 0.425. The van der Waals surface area contributed by atoms with E-state index in [4.69, 9.17) is 14.3 Å². The van der Waals surface area contributed by atoms with Gasteiger partial charge in [0.2, 0.25) is 0 Å². The number of hydroxylamine groups is 2. The molecular weight excluding hydrogens is 658 g/mol. The van der Waals surface area contributed by atoms with Crippen LogP contribution < -0.4 is 0 Å². The second-order valence-corrected chi connectivity index (χ2v) is 14.3. The Bertz CT molecular complexity index is 1290. The van der Waals surface area contributed by atoms with Gasteiger partial charge in [0.15, 0.2) is 6.29 Å². The molecule has 1 aliphatic rings. The molecular formula is C43H63NO8. The van der Waals surface area contributed by atoms with Crippen LogP contribution in [0.2, 0.25) is 0 Å². The van der Waals surface area contributed by atoms with Crippen molar-refractivity contribution in [2.24, 2.45) is 5.41 Å². The van der Waals surface area contributed by atoms with Crippen LogP contribution in [0.25, 0.3) is 0 Å². The Labute approximate surface area is 311 Å². The number of aliphatic hydroxyl groups excluding tert-OH is 1. The molecule has 0 aliphatic carbocycles. The number of carbonyl (C=O) groups is 4. The van der Waals surface area contributed by atoms with Gasteiger partial charge in [0.1, 0.15) is 12.0 Å². The number of esters is 1. The number of hydrogen-bond donors (Lipinski definition) is 1. The molecule has 52 heavy (non-hydrogen) atoms. The van der Waals surface area contributed by atoms with Crippen LogP contribution >= 0.6 is 0 Å². The van der Waals surface area contributed by atoms with E-state index in [0.29, 0.717) is 43.8 Å². The summed E-state index contributed by atoms with van der Waals surface area (Å²) in [5.74, 6) is -2.03. The summed E-state index contributed by atoms with van der Waals surface area (Å²) in [4.78, 5) is 56.4. The van der Waals surface area contributed by atoms with Gasteiger partial charge in [0.25, 0.3) is 11.8 Å². The zero-order valence-electron chi connectivity index (χ0n) is 31.6. The maximum atomic E-state index is 14.0. The van der Waals surface area contributed by atoms with Crippen molar-refractivity contribution in [2.45, 2.75) is 168 Å². The first-order valence-electron chi connectivity index (χ1n) is 20.0. The maximum Gasteiger partial charge on any atom is 0.344 e. The Hall–Kier alpha value is -3.56. The van der Waals surface area contributed by atoms with Crippen molar-refractivity contribution in [2.75, 3.05) is 0 Å². The molecule has 2 unspecified atom stereocenters. The van der Waals surface area contributed by atoms with Gasteiger partial charge in [-0.25, -0.2) is 4.79 Å². The third kappa shape index (κ3) is 16.0. The standard InChI is InChI=1S/C43H63NO8/c1-2-3-4-5-6-8-11-14-23-32-43(41(48)51-35-37-27-20-17-21-28-37,42(49)52-44-38(45)30-31-39(44)46)33-24-15-12-9-7-10-13-22-29-40(47)50-34-36-25-18-16-19-26-36/h16-21,25-28,41,48H,2-15,22-24,29-35H2,1H3. The molecule has 288 valence electrons. The summed E-state index contributed by atoms with van der Waals surface area (Å²) in [6, 6.07) is 19.2. The van der Waals surface area contributed by atoms with Gasteiger partial charge in [-0.05, 0) is 30.4 Å². The minimum Gasteiger partial charge on any atom is -0.461 e. The molecule has 0 radical (unpaired) electrons. The molecule has 2 amide bonds. The first-order chi connectivity index (χ1) is 25.4. The molecule has 1 aliphatic heterocycles. The first-order valence-corrected chi connectivity index (χ1v) is 20.0. The fraction of sp³-hybridized carbons (Fsp3) is 0.628. The Balaban J connectivity index is 1.51. The number of rotatable bonds is 29. The molecule has 9 nitrogen and oxygen atoms in total. The quantitative estimate of drug-likeness (QED) is 0.0382. The largest absolute Gasteiger partial charge is 0.461 e. The lowest BCUT2D eigenvalue weighted by molar-refractivity contribution is -0.234. The predicted octanol–water partition coefficient (Wildman–Crippen LogP) is 9.68. The Morgan fingerprint density at radius 3 is 1.60 bits per heavy atom. The van der Waals surface area contributed by atoms with Gasteiger partial charge in [-0.15, -0.1) is 5.06 Å². The van der Waals surface area contributed by atoms with E-state index in [0.717, 1.165) is 75.3 Å². The zero-order valence-corrected chi connectivity index (χ0v) is 31.6. The number of hydrogen-bond acceptors (Lipinski definition) is 8. The molecule has 9 heteroatoms. The summed E-state index contributed by atoms with van der Waals surface area (Å²) in [6.07, 6.45) is 16.9. The molecule has 2 aromatic carbocycles. The van der Waals surface area contributed by atoms with E-state index in [1.165, 1.54) is 32.1 Å². The van der Waals surface area contributed by atoms with Crippen LogP contribution in [0.15, 0.2) is 60.7 Å². The lowest BCUT2D eigenvalue weighted by Gasteiger charge is -2.36. The highest BCUT2D eigenvalue weighted by Crippen LogP contribution is 2.39. The van der Waals surface area contributed by atoms with E-state index in [9.17, 15) is 24.3 Å². The van der Waals surface area contributed by atoms with E-state index in [1.807, 2.05) is 60.7 Å². The van der Waals surface area contributed by atoms with Crippen molar-refractivity contribution in [3.05, 3.63) is 71.8 Å². The summed E-state index contributed by atoms with van der Waals surface area (Å²) >= 11 is 0. The molecule has 1 fully saturated rings. The van der Waals surface area contributed by atoms with E-state index in [1.54, 1.807) is 0 Å². The fourth-order valence-corrected chi connectivity index (χ4v) is 6.75. The van der Waals surface area contributed by atoms with Gasteiger partial charge in [0.05, 0.1) is 6.61 Å². The summed E-state index contributed by atoms with van der Waals surface area (Å²) in [6.45, 7) is 2.63. The van der Waals surface area contributed by atoms with Crippen LogP contribution in [0.4, 0.5) is 0 Å². The number of benzene rings is 2. The minimum absolute atomic E-state index is 0.00275. The van der Waals surface area contributed by atoms with Gasteiger partial charge < -0.3 is 19.4 Å². The van der Waals surface area contributed by atoms with Crippen molar-refractivity contribution in [3.8, 4) is 0 Å². The molecule has 1 N–H and O–H groups in total. The van der Waals surface area contributed by atoms with Crippen molar-refractivity contribution < 1.29 is 38.6 Å². The number of carbonyl (C=O) groups excluding carboxylic acids is 4. The van der Waals surface area contributed by atoms with E-state index < -0.39 is 29.5 Å². The van der Waals surface area contributed by atoms with E-state index in [2.05, 4.69) is 6.92 Å². The molecule has 0 saturated carbocycles. The monoisotopic (exact) mass is 721 g/mol. The maximum absolute atomic E-state index is 14.0. The van der Waals surface area contributed by atoms with Crippen LogP contribution in [-0.4, -0.2) is 40.2 Å². The van der Waals surface area contributed by atoms with Crippen molar-refractivity contribution in [3.63, 3.8) is 0 Å². The first kappa shape index (κ1) is 42.8. The molecule has 2 aromatic rings. The summed E-state index contributed by atoms with van der Waals surface area (Å²) in [5, 5.41) is 12.2. The SMILES string of the molecule is CCCCCCCCCCCC(CCCCCCCCCCC(=O)OCc1ccccc1)(C(=O)ON1C(=O)CCC1=O)C(O)OCc1ccccc1. The Kier molecular flexibility index (Phi) is 20.9. The second kappa shape index (κ2) is 25.4. The average molecular weight is 722 g/mol. The molecule has 1 saturated heterocycles. The molecule has 0 bridgehead atoms. The number of ether oxygens (including phenoxy) is 2. The highest BCUT2D eigenvalue weighted by molar-refractivity contribution is 6.01. The average Bonchev–Trinajstić information content (AvgIpc) is 3.48. The number of amides is 2. The van der Waals surface area contributed by atoms with Gasteiger partial charge >= 0.3 is 11.9 Å². The Morgan fingerprint density at radius 2 is 1.10 bits per heavy atom. The highest BCUT2D eigenvalue weighted by atomic mass is 16.7.